The van der Waals surface area contributed by atoms with Gasteiger partial charge >= 0.3 is 0 Å². The van der Waals surface area contributed by atoms with Crippen LogP contribution < -0.4 is 23.8 Å². The molecule has 0 aromatic heterocycles. The number of rotatable bonds is 10. The molecule has 8 nitrogen and oxygen atoms in total. The van der Waals surface area contributed by atoms with Gasteiger partial charge < -0.3 is 19.5 Å². The number of sulfonamides is 1. The number of amides is 1. The third kappa shape index (κ3) is 5.66. The highest BCUT2D eigenvalue weighted by molar-refractivity contribution is 7.92. The van der Waals surface area contributed by atoms with E-state index < -0.39 is 22.0 Å². The molecule has 1 N–H and O–H groups in total. The van der Waals surface area contributed by atoms with Crippen LogP contribution in [0.2, 0.25) is 0 Å². The lowest BCUT2D eigenvalue weighted by Crippen LogP contribution is -2.45. The lowest BCUT2D eigenvalue weighted by Gasteiger charge is -2.28. The lowest BCUT2D eigenvalue weighted by atomic mass is 10.2. The van der Waals surface area contributed by atoms with Gasteiger partial charge in [0.25, 0.3) is 0 Å². The van der Waals surface area contributed by atoms with Crippen molar-refractivity contribution >= 4 is 27.3 Å². The second kappa shape index (κ2) is 10.0. The molecule has 9 heteroatoms. The van der Waals surface area contributed by atoms with Gasteiger partial charge in [0, 0.05) is 11.8 Å². The van der Waals surface area contributed by atoms with Crippen molar-refractivity contribution in [1.82, 2.24) is 0 Å². The van der Waals surface area contributed by atoms with Crippen molar-refractivity contribution in [2.24, 2.45) is 0 Å². The number of carbonyl (C=O) groups is 1. The summed E-state index contributed by atoms with van der Waals surface area (Å²) in [4.78, 5) is 12.8. The molecular weight excluding hydrogens is 408 g/mol. The van der Waals surface area contributed by atoms with Crippen molar-refractivity contribution in [3.8, 4) is 17.2 Å². The minimum atomic E-state index is -3.77. The predicted molar refractivity (Wildman–Crippen MR) is 117 cm³/mol. The van der Waals surface area contributed by atoms with E-state index in [9.17, 15) is 13.2 Å². The summed E-state index contributed by atoms with van der Waals surface area (Å²) in [6.07, 6.45) is 2.67. The molecule has 0 saturated heterocycles. The van der Waals surface area contributed by atoms with Gasteiger partial charge in [-0.3, -0.25) is 9.10 Å². The first-order valence-electron chi connectivity index (χ1n) is 9.07. The maximum absolute atomic E-state index is 12.8. The van der Waals surface area contributed by atoms with Crippen LogP contribution in [0.4, 0.5) is 11.4 Å². The fourth-order valence-electron chi connectivity index (χ4n) is 2.81. The van der Waals surface area contributed by atoms with Crippen molar-refractivity contribution in [3.63, 3.8) is 0 Å². The van der Waals surface area contributed by atoms with Crippen LogP contribution in [0.5, 0.6) is 17.2 Å². The van der Waals surface area contributed by atoms with E-state index in [0.717, 1.165) is 10.6 Å². The summed E-state index contributed by atoms with van der Waals surface area (Å²) in [6, 6.07) is 10.4. The predicted octanol–water partition coefficient (Wildman–Crippen LogP) is 3.06. The fourth-order valence-corrected chi connectivity index (χ4v) is 3.97. The van der Waals surface area contributed by atoms with E-state index in [1.807, 2.05) is 0 Å². The van der Waals surface area contributed by atoms with Crippen LogP contribution in [0.1, 0.15) is 6.92 Å². The number of hydrogen-bond donors (Lipinski definition) is 1. The number of anilines is 2. The molecule has 2 rings (SSSR count). The smallest absolute Gasteiger partial charge is 0.247 e. The van der Waals surface area contributed by atoms with Crippen LogP contribution in [-0.4, -0.2) is 47.4 Å². The SMILES string of the molecule is C=CCOc1ccc(NC(=O)[C@H](C)N(c2ccc(OC)c(OC)c2)S(C)(=O)=O)cc1. The zero-order chi connectivity index (χ0) is 22.3. The Morgan fingerprint density at radius 2 is 1.77 bits per heavy atom. The van der Waals surface area contributed by atoms with Crippen molar-refractivity contribution in [1.29, 1.82) is 0 Å². The van der Waals surface area contributed by atoms with E-state index in [1.54, 1.807) is 42.5 Å². The van der Waals surface area contributed by atoms with Gasteiger partial charge in [-0.2, -0.15) is 0 Å². The molecule has 0 heterocycles. The van der Waals surface area contributed by atoms with Gasteiger partial charge in [-0.15, -0.1) is 0 Å². The van der Waals surface area contributed by atoms with Gasteiger partial charge in [0.15, 0.2) is 11.5 Å². The average Bonchev–Trinajstić information content (AvgIpc) is 2.72. The molecule has 2 aromatic carbocycles. The van der Waals surface area contributed by atoms with Gasteiger partial charge in [-0.1, -0.05) is 12.7 Å². The maximum atomic E-state index is 12.8. The topological polar surface area (TPSA) is 94.2 Å². The van der Waals surface area contributed by atoms with Crippen LogP contribution in [0, 0.1) is 0 Å². The number of ether oxygens (including phenoxy) is 3. The zero-order valence-corrected chi connectivity index (χ0v) is 18.2. The molecule has 2 aromatic rings. The van der Waals surface area contributed by atoms with Gasteiger partial charge in [0.05, 0.1) is 26.2 Å². The van der Waals surface area contributed by atoms with Crippen LogP contribution in [0.15, 0.2) is 55.1 Å². The summed E-state index contributed by atoms with van der Waals surface area (Å²) in [7, 11) is -0.838. The molecule has 0 bridgehead atoms. The van der Waals surface area contributed by atoms with E-state index >= 15 is 0 Å². The largest absolute Gasteiger partial charge is 0.493 e. The molecule has 30 heavy (non-hydrogen) atoms. The number of hydrogen-bond acceptors (Lipinski definition) is 6. The van der Waals surface area contributed by atoms with Crippen molar-refractivity contribution in [3.05, 3.63) is 55.1 Å². The van der Waals surface area contributed by atoms with Gasteiger partial charge in [-0.05, 0) is 43.3 Å². The molecule has 0 aliphatic heterocycles. The summed E-state index contributed by atoms with van der Waals surface area (Å²) in [6.45, 7) is 5.46. The molecular formula is C21H26N2O6S. The first kappa shape index (κ1) is 23.1. The number of nitrogens with zero attached hydrogens (tertiary/aromatic N) is 1. The standard InChI is InChI=1S/C21H26N2O6S/c1-6-13-29-18-10-7-16(8-11-18)22-21(24)15(2)23(30(5,25)26)17-9-12-19(27-3)20(14-17)28-4/h6-12,14-15H,1,13H2,2-5H3,(H,22,24)/t15-/m0/s1. The van der Waals surface area contributed by atoms with Crippen molar-refractivity contribution in [2.45, 2.75) is 13.0 Å². The van der Waals surface area contributed by atoms with E-state index in [0.29, 0.717) is 29.5 Å². The number of methoxy groups -OCH3 is 2. The fraction of sp³-hybridized carbons (Fsp3) is 0.286. The summed E-state index contributed by atoms with van der Waals surface area (Å²) < 4.78 is 41.8. The molecule has 0 fully saturated rings. The molecule has 0 spiro atoms. The second-order valence-electron chi connectivity index (χ2n) is 6.39. The van der Waals surface area contributed by atoms with E-state index in [-0.39, 0.29) is 5.69 Å². The van der Waals surface area contributed by atoms with Gasteiger partial charge in [-0.25, -0.2) is 8.42 Å². The zero-order valence-electron chi connectivity index (χ0n) is 17.4. The minimum Gasteiger partial charge on any atom is -0.493 e. The summed E-state index contributed by atoms with van der Waals surface area (Å²) in [5, 5.41) is 2.72. The van der Waals surface area contributed by atoms with Crippen LogP contribution in [-0.2, 0) is 14.8 Å². The first-order chi connectivity index (χ1) is 14.2. The second-order valence-corrected chi connectivity index (χ2v) is 8.25. The Morgan fingerprint density at radius 1 is 1.13 bits per heavy atom. The minimum absolute atomic E-state index is 0.283. The molecule has 0 radical (unpaired) electrons. The highest BCUT2D eigenvalue weighted by Crippen LogP contribution is 2.33. The van der Waals surface area contributed by atoms with Crippen LogP contribution >= 0.6 is 0 Å². The Labute approximate surface area is 177 Å². The van der Waals surface area contributed by atoms with Crippen LogP contribution in [0.25, 0.3) is 0 Å². The third-order valence-corrected chi connectivity index (χ3v) is 5.44. The highest BCUT2D eigenvalue weighted by atomic mass is 32.2. The Kier molecular flexibility index (Phi) is 7.71. The molecule has 0 saturated carbocycles. The summed E-state index contributed by atoms with van der Waals surface area (Å²) in [5.74, 6) is 0.941. The summed E-state index contributed by atoms with van der Waals surface area (Å²) >= 11 is 0. The quantitative estimate of drug-likeness (QED) is 0.578. The van der Waals surface area contributed by atoms with Crippen molar-refractivity contribution in [2.75, 3.05) is 36.7 Å². The first-order valence-corrected chi connectivity index (χ1v) is 10.9. The molecule has 0 aliphatic carbocycles. The Morgan fingerprint density at radius 3 is 2.30 bits per heavy atom. The number of carbonyl (C=O) groups excluding carboxylic acids is 1. The Balaban J connectivity index is 2.26. The van der Waals surface area contributed by atoms with E-state index in [1.165, 1.54) is 27.2 Å². The molecule has 1 amide bonds. The van der Waals surface area contributed by atoms with Gasteiger partial charge in [0.1, 0.15) is 18.4 Å². The number of benzene rings is 2. The van der Waals surface area contributed by atoms with E-state index in [4.69, 9.17) is 14.2 Å². The van der Waals surface area contributed by atoms with Crippen LogP contribution in [0.3, 0.4) is 0 Å². The number of nitrogens with one attached hydrogen (secondary N) is 1. The maximum Gasteiger partial charge on any atom is 0.247 e. The highest BCUT2D eigenvalue weighted by Gasteiger charge is 2.30. The Bertz CT molecular complexity index is 989. The molecule has 162 valence electrons. The molecule has 0 aliphatic rings. The lowest BCUT2D eigenvalue weighted by molar-refractivity contribution is -0.116. The summed E-state index contributed by atoms with van der Waals surface area (Å²) in [5.41, 5.74) is 0.796. The third-order valence-electron chi connectivity index (χ3n) is 4.20. The van der Waals surface area contributed by atoms with Crippen molar-refractivity contribution < 1.29 is 27.4 Å². The average molecular weight is 435 g/mol. The van der Waals surface area contributed by atoms with Gasteiger partial charge in [0.2, 0.25) is 15.9 Å². The normalized spacial score (nSPS) is 11.9. The Hall–Kier alpha value is -3.20. The molecule has 0 unspecified atom stereocenters. The molecule has 1 atom stereocenters. The van der Waals surface area contributed by atoms with E-state index in [2.05, 4.69) is 11.9 Å². The monoisotopic (exact) mass is 434 g/mol.